The molecule has 0 aromatic carbocycles. The Balaban J connectivity index is 3.15. The van der Waals surface area contributed by atoms with Crippen LogP contribution in [0, 0.1) is 23.7 Å². The Bertz CT molecular complexity index is 678. The minimum absolute atomic E-state index is 0.116. The number of aliphatic hydroxyl groups is 1. The molecule has 1 rings (SSSR count). The molecular weight excluding hydrogens is 408 g/mol. The molecule has 1 fully saturated rings. The van der Waals surface area contributed by atoms with Crippen molar-refractivity contribution in [1.29, 1.82) is 0 Å². The lowest BCUT2D eigenvalue weighted by molar-refractivity contribution is -0.188. The van der Waals surface area contributed by atoms with Gasteiger partial charge in [0.2, 0.25) is 0 Å². The summed E-state index contributed by atoms with van der Waals surface area (Å²) in [5, 5.41) is 10.9. The molecule has 0 amide bonds. The quantitative estimate of drug-likeness (QED) is 0.272. The number of ketones is 1. The summed E-state index contributed by atoms with van der Waals surface area (Å²) in [5.74, 6) is -1.32. The topological polar surface area (TPSA) is 82.1 Å². The number of Topliss-reactive ketones (excluding diaryl/α,β-unsaturated/α-hetero) is 1. The number of esters is 1. The Hall–Kier alpha value is -1.76. The van der Waals surface area contributed by atoms with Gasteiger partial charge < -0.3 is 19.3 Å². The highest BCUT2D eigenvalue weighted by Gasteiger charge is 2.52. The molecule has 1 aliphatic rings. The van der Waals surface area contributed by atoms with Crippen molar-refractivity contribution in [3.63, 3.8) is 0 Å². The van der Waals surface area contributed by atoms with Gasteiger partial charge in [-0.25, -0.2) is 0 Å². The van der Waals surface area contributed by atoms with Crippen LogP contribution in [-0.2, 0) is 23.8 Å². The molecule has 0 unspecified atom stereocenters. The molecule has 182 valence electrons. The fourth-order valence-corrected chi connectivity index (χ4v) is 3.96. The molecule has 1 N–H and O–H groups in total. The lowest BCUT2D eigenvalue weighted by atomic mass is 9.71. The molecule has 0 bridgehead atoms. The minimum atomic E-state index is -1.30. The van der Waals surface area contributed by atoms with E-state index in [1.54, 1.807) is 0 Å². The first-order chi connectivity index (χ1) is 15.1. The average Bonchev–Trinajstić information content (AvgIpc) is 2.71. The van der Waals surface area contributed by atoms with Crippen LogP contribution in [-0.4, -0.2) is 55.0 Å². The van der Waals surface area contributed by atoms with Crippen LogP contribution in [0.15, 0.2) is 36.0 Å². The lowest BCUT2D eigenvalue weighted by Gasteiger charge is -2.43. The molecule has 6 atom stereocenters. The van der Waals surface area contributed by atoms with Gasteiger partial charge in [0.05, 0.1) is 18.4 Å². The number of rotatable bonds is 12. The summed E-state index contributed by atoms with van der Waals surface area (Å²) in [6.45, 7) is 14.2. The first-order valence-corrected chi connectivity index (χ1v) is 11.7. The Labute approximate surface area is 193 Å². The fraction of sp³-hybridized carbons (Fsp3) is 0.692. The number of hydrogen-bond donors (Lipinski definition) is 1. The first-order valence-electron chi connectivity index (χ1n) is 11.7. The summed E-state index contributed by atoms with van der Waals surface area (Å²) in [4.78, 5) is 24.9. The predicted octanol–water partition coefficient (Wildman–Crippen LogP) is 4.28. The van der Waals surface area contributed by atoms with Crippen LogP contribution in [0.25, 0.3) is 0 Å². The monoisotopic (exact) mass is 450 g/mol. The van der Waals surface area contributed by atoms with Gasteiger partial charge in [-0.15, -0.1) is 0 Å². The predicted molar refractivity (Wildman–Crippen MR) is 126 cm³/mol. The van der Waals surface area contributed by atoms with Crippen molar-refractivity contribution in [1.82, 2.24) is 0 Å². The minimum Gasteiger partial charge on any atom is -0.459 e. The molecular formula is C26H42O6. The van der Waals surface area contributed by atoms with E-state index in [1.807, 2.05) is 32.9 Å². The van der Waals surface area contributed by atoms with Gasteiger partial charge in [-0.3, -0.25) is 9.59 Å². The molecule has 0 aliphatic heterocycles. The highest BCUT2D eigenvalue weighted by Crippen LogP contribution is 2.36. The summed E-state index contributed by atoms with van der Waals surface area (Å²) in [5.41, 5.74) is 0.756. The van der Waals surface area contributed by atoms with E-state index in [4.69, 9.17) is 14.2 Å². The zero-order chi connectivity index (χ0) is 24.3. The van der Waals surface area contributed by atoms with E-state index >= 15 is 0 Å². The van der Waals surface area contributed by atoms with Gasteiger partial charge in [-0.2, -0.15) is 0 Å². The van der Waals surface area contributed by atoms with Gasteiger partial charge in [0, 0.05) is 20.1 Å². The van der Waals surface area contributed by atoms with E-state index in [0.29, 0.717) is 19.1 Å². The van der Waals surface area contributed by atoms with Crippen LogP contribution >= 0.6 is 0 Å². The van der Waals surface area contributed by atoms with Crippen molar-refractivity contribution in [2.24, 2.45) is 23.7 Å². The SMILES string of the molecule is CCOC[C@H]1C(=O)[C@H](O)[C@@H](/C(C)=C/C=C/[C@@H](C)/C=C/CC(C)C)[C@@H](OC(C)=O)[C@@H]1OCC. The zero-order valence-electron chi connectivity index (χ0n) is 20.7. The maximum Gasteiger partial charge on any atom is 0.303 e. The smallest absolute Gasteiger partial charge is 0.303 e. The Kier molecular flexibility index (Phi) is 12.7. The van der Waals surface area contributed by atoms with Crippen LogP contribution in [0.3, 0.4) is 0 Å². The molecule has 6 heteroatoms. The molecule has 6 nitrogen and oxygen atoms in total. The second kappa shape index (κ2) is 14.4. The maximum atomic E-state index is 13.0. The second-order valence-corrected chi connectivity index (χ2v) is 8.85. The summed E-state index contributed by atoms with van der Waals surface area (Å²) in [7, 11) is 0. The van der Waals surface area contributed by atoms with Gasteiger partial charge in [-0.05, 0) is 39.0 Å². The number of carbonyl (C=O) groups excluding carboxylic acids is 2. The Morgan fingerprint density at radius 1 is 1.09 bits per heavy atom. The first kappa shape index (κ1) is 28.3. The third kappa shape index (κ3) is 8.64. The van der Waals surface area contributed by atoms with Gasteiger partial charge in [0.1, 0.15) is 18.3 Å². The average molecular weight is 451 g/mol. The third-order valence-corrected chi connectivity index (χ3v) is 5.58. The molecule has 0 heterocycles. The summed E-state index contributed by atoms with van der Waals surface area (Å²) < 4.78 is 17.0. The normalized spacial score (nSPS) is 28.1. The van der Waals surface area contributed by atoms with E-state index < -0.39 is 36.1 Å². The van der Waals surface area contributed by atoms with E-state index in [-0.39, 0.29) is 18.3 Å². The zero-order valence-corrected chi connectivity index (χ0v) is 20.7. The van der Waals surface area contributed by atoms with E-state index in [2.05, 4.69) is 39.0 Å². The molecule has 0 saturated heterocycles. The number of hydrogen-bond acceptors (Lipinski definition) is 6. The van der Waals surface area contributed by atoms with Gasteiger partial charge >= 0.3 is 5.97 Å². The maximum absolute atomic E-state index is 13.0. The number of allylic oxidation sites excluding steroid dienone is 5. The third-order valence-electron chi connectivity index (χ3n) is 5.58. The van der Waals surface area contributed by atoms with Crippen molar-refractivity contribution in [2.45, 2.75) is 73.2 Å². The molecule has 32 heavy (non-hydrogen) atoms. The van der Waals surface area contributed by atoms with Gasteiger partial charge in [0.25, 0.3) is 0 Å². The molecule has 0 aromatic heterocycles. The van der Waals surface area contributed by atoms with Crippen molar-refractivity contribution < 1.29 is 28.9 Å². The number of ether oxygens (including phenoxy) is 3. The van der Waals surface area contributed by atoms with Crippen LogP contribution in [0.2, 0.25) is 0 Å². The Morgan fingerprint density at radius 3 is 2.34 bits per heavy atom. The van der Waals surface area contributed by atoms with Gasteiger partial charge in [0.15, 0.2) is 5.78 Å². The molecule has 0 aromatic rings. The molecule has 0 radical (unpaired) electrons. The van der Waals surface area contributed by atoms with Crippen LogP contribution in [0.1, 0.15) is 54.9 Å². The van der Waals surface area contributed by atoms with Crippen molar-refractivity contribution in [3.05, 3.63) is 36.0 Å². The summed E-state index contributed by atoms with van der Waals surface area (Å²) >= 11 is 0. The largest absolute Gasteiger partial charge is 0.459 e. The highest BCUT2D eigenvalue weighted by molar-refractivity contribution is 5.88. The lowest BCUT2D eigenvalue weighted by Crippen LogP contribution is -2.59. The summed E-state index contributed by atoms with van der Waals surface area (Å²) in [6.07, 6.45) is 8.46. The number of aliphatic hydroxyl groups excluding tert-OH is 1. The van der Waals surface area contributed by atoms with Crippen molar-refractivity contribution >= 4 is 11.8 Å². The number of carbonyl (C=O) groups is 2. The Morgan fingerprint density at radius 2 is 1.78 bits per heavy atom. The van der Waals surface area contributed by atoms with E-state index in [1.165, 1.54) is 6.92 Å². The van der Waals surface area contributed by atoms with Crippen LogP contribution in [0.5, 0.6) is 0 Å². The van der Waals surface area contributed by atoms with E-state index in [0.717, 1.165) is 12.0 Å². The highest BCUT2D eigenvalue weighted by atomic mass is 16.6. The molecule has 0 spiro atoms. The van der Waals surface area contributed by atoms with Gasteiger partial charge in [-0.1, -0.05) is 56.7 Å². The van der Waals surface area contributed by atoms with Crippen molar-refractivity contribution in [2.75, 3.05) is 19.8 Å². The van der Waals surface area contributed by atoms with Crippen molar-refractivity contribution in [3.8, 4) is 0 Å². The molecule has 1 saturated carbocycles. The van der Waals surface area contributed by atoms with Crippen LogP contribution < -0.4 is 0 Å². The van der Waals surface area contributed by atoms with E-state index in [9.17, 15) is 14.7 Å². The van der Waals surface area contributed by atoms with Crippen LogP contribution in [0.4, 0.5) is 0 Å². The standard InChI is InChI=1S/C26H42O6/c1-8-30-16-21-23(28)24(29)22(26(32-20(7)27)25(21)31-9-2)19(6)15-11-14-18(5)13-10-12-17(3)4/h10-11,13-15,17-18,21-22,24-26,29H,8-9,12,16H2,1-7H3/b13-10+,14-11+,19-15+/t18-,21-,22+,24+,25+,26+/m0/s1. The fourth-order valence-electron chi connectivity index (χ4n) is 3.96. The second-order valence-electron chi connectivity index (χ2n) is 8.85. The summed E-state index contributed by atoms with van der Waals surface area (Å²) in [6, 6.07) is 0. The molecule has 1 aliphatic carbocycles.